The van der Waals surface area contributed by atoms with E-state index in [9.17, 15) is 5.26 Å². The van der Waals surface area contributed by atoms with E-state index in [-0.39, 0.29) is 0 Å². The highest BCUT2D eigenvalue weighted by Gasteiger charge is 2.39. The quantitative estimate of drug-likeness (QED) is 0.817. The van der Waals surface area contributed by atoms with Gasteiger partial charge in [-0.05, 0) is 49.3 Å². The molecule has 2 fully saturated rings. The predicted molar refractivity (Wildman–Crippen MR) is 111 cm³/mol. The third kappa shape index (κ3) is 4.01. The Labute approximate surface area is 163 Å². The Morgan fingerprint density at radius 1 is 0.889 bits per heavy atom. The summed E-state index contributed by atoms with van der Waals surface area (Å²) in [6, 6.07) is 24.4. The fourth-order valence-corrected chi connectivity index (χ4v) is 4.94. The highest BCUT2D eigenvalue weighted by molar-refractivity contribution is 5.47. The van der Waals surface area contributed by atoms with Gasteiger partial charge in [0.2, 0.25) is 0 Å². The zero-order valence-electron chi connectivity index (χ0n) is 16.0. The molecule has 2 aromatic carbocycles. The summed E-state index contributed by atoms with van der Waals surface area (Å²) >= 11 is 0. The Balaban J connectivity index is 1.45. The Bertz CT molecular complexity index is 757. The second-order valence-corrected chi connectivity index (χ2v) is 8.09. The van der Waals surface area contributed by atoms with Gasteiger partial charge in [0.15, 0.2) is 0 Å². The number of rotatable bonds is 4. The average Bonchev–Trinajstić information content (AvgIpc) is 2.76. The highest BCUT2D eigenvalue weighted by atomic mass is 15.2. The van der Waals surface area contributed by atoms with Crippen molar-refractivity contribution in [1.82, 2.24) is 4.90 Å². The van der Waals surface area contributed by atoms with Crippen LogP contribution in [-0.2, 0) is 0 Å². The molecule has 0 unspecified atom stereocenters. The number of anilines is 1. The molecule has 1 heterocycles. The zero-order valence-corrected chi connectivity index (χ0v) is 16.0. The van der Waals surface area contributed by atoms with Crippen LogP contribution in [0, 0.1) is 11.3 Å². The molecule has 1 aliphatic carbocycles. The molecule has 3 nitrogen and oxygen atoms in total. The molecule has 27 heavy (non-hydrogen) atoms. The van der Waals surface area contributed by atoms with Crippen molar-refractivity contribution >= 4 is 5.69 Å². The SMILES string of the molecule is N#CC1(Nc2ccccc2)CCN([C@@H]2CCCC[C@@H]2c2ccccc2)CC1. The fourth-order valence-electron chi connectivity index (χ4n) is 4.94. The molecule has 1 aliphatic heterocycles. The number of benzene rings is 2. The Morgan fingerprint density at radius 2 is 1.52 bits per heavy atom. The topological polar surface area (TPSA) is 39.1 Å². The summed E-state index contributed by atoms with van der Waals surface area (Å²) in [7, 11) is 0. The van der Waals surface area contributed by atoms with Gasteiger partial charge in [-0.15, -0.1) is 0 Å². The van der Waals surface area contributed by atoms with Crippen LogP contribution in [0.5, 0.6) is 0 Å². The Morgan fingerprint density at radius 3 is 2.19 bits per heavy atom. The molecule has 0 spiro atoms. The van der Waals surface area contributed by atoms with E-state index in [4.69, 9.17) is 0 Å². The molecule has 0 radical (unpaired) electrons. The summed E-state index contributed by atoms with van der Waals surface area (Å²) in [4.78, 5) is 2.67. The largest absolute Gasteiger partial charge is 0.367 e. The molecule has 0 bridgehead atoms. The number of likely N-dealkylation sites (tertiary alicyclic amines) is 1. The lowest BCUT2D eigenvalue weighted by atomic mass is 9.77. The first-order valence-electron chi connectivity index (χ1n) is 10.3. The summed E-state index contributed by atoms with van der Waals surface area (Å²) in [5.74, 6) is 0.636. The van der Waals surface area contributed by atoms with Crippen molar-refractivity contribution < 1.29 is 0 Å². The maximum atomic E-state index is 9.90. The minimum absolute atomic E-state index is 0.436. The molecule has 2 aliphatic rings. The summed E-state index contributed by atoms with van der Waals surface area (Å²) in [6.45, 7) is 2.00. The van der Waals surface area contributed by atoms with Crippen LogP contribution >= 0.6 is 0 Å². The monoisotopic (exact) mass is 359 g/mol. The van der Waals surface area contributed by atoms with Crippen molar-refractivity contribution in [3.05, 3.63) is 66.2 Å². The standard InChI is InChI=1S/C24H29N3/c25-19-24(26-21-11-5-2-6-12-21)15-17-27(18-16-24)23-14-8-7-13-22(23)20-9-3-1-4-10-20/h1-6,9-12,22-23,26H,7-8,13-18H2/t22-,23-/m1/s1. The van der Waals surface area contributed by atoms with Crippen LogP contribution in [0.1, 0.15) is 50.0 Å². The van der Waals surface area contributed by atoms with Gasteiger partial charge < -0.3 is 5.32 Å². The molecule has 2 atom stereocenters. The van der Waals surface area contributed by atoms with Crippen LogP contribution < -0.4 is 5.32 Å². The molecule has 0 aromatic heterocycles. The Hall–Kier alpha value is -2.31. The number of nitrogens with one attached hydrogen (secondary N) is 1. The fraction of sp³-hybridized carbons (Fsp3) is 0.458. The number of nitriles is 1. The third-order valence-corrected chi connectivity index (χ3v) is 6.45. The molecule has 1 N–H and O–H groups in total. The van der Waals surface area contributed by atoms with Crippen molar-refractivity contribution in [3.8, 4) is 6.07 Å². The number of nitrogens with zero attached hydrogens (tertiary/aromatic N) is 2. The van der Waals surface area contributed by atoms with Gasteiger partial charge in [0.1, 0.15) is 5.54 Å². The average molecular weight is 360 g/mol. The van der Waals surface area contributed by atoms with Crippen LogP contribution in [0.3, 0.4) is 0 Å². The van der Waals surface area contributed by atoms with Gasteiger partial charge in [-0.2, -0.15) is 5.26 Å². The highest BCUT2D eigenvalue weighted by Crippen LogP contribution is 2.38. The van der Waals surface area contributed by atoms with Crippen LogP contribution in [0.25, 0.3) is 0 Å². The normalized spacial score (nSPS) is 25.4. The molecule has 1 saturated carbocycles. The smallest absolute Gasteiger partial charge is 0.127 e. The minimum Gasteiger partial charge on any atom is -0.367 e. The van der Waals surface area contributed by atoms with E-state index < -0.39 is 5.54 Å². The molecule has 4 rings (SSSR count). The second kappa shape index (κ2) is 8.15. The number of piperidine rings is 1. The van der Waals surface area contributed by atoms with Gasteiger partial charge >= 0.3 is 0 Å². The maximum Gasteiger partial charge on any atom is 0.127 e. The molecule has 1 saturated heterocycles. The van der Waals surface area contributed by atoms with Gasteiger partial charge in [0.05, 0.1) is 6.07 Å². The first-order chi connectivity index (χ1) is 13.3. The van der Waals surface area contributed by atoms with Crippen molar-refractivity contribution in [2.45, 2.75) is 56.0 Å². The van der Waals surface area contributed by atoms with Crippen molar-refractivity contribution in [3.63, 3.8) is 0 Å². The minimum atomic E-state index is -0.436. The van der Waals surface area contributed by atoms with E-state index in [1.54, 1.807) is 0 Å². The molecular weight excluding hydrogens is 330 g/mol. The molecule has 140 valence electrons. The first-order valence-corrected chi connectivity index (χ1v) is 10.3. The van der Waals surface area contributed by atoms with E-state index in [1.165, 1.54) is 31.2 Å². The van der Waals surface area contributed by atoms with Crippen molar-refractivity contribution in [2.24, 2.45) is 0 Å². The number of hydrogen-bond donors (Lipinski definition) is 1. The first kappa shape index (κ1) is 18.1. The molecule has 0 amide bonds. The van der Waals surface area contributed by atoms with Crippen LogP contribution in [0.15, 0.2) is 60.7 Å². The molecule has 3 heteroatoms. The second-order valence-electron chi connectivity index (χ2n) is 8.09. The summed E-state index contributed by atoms with van der Waals surface area (Å²) in [6.07, 6.45) is 7.01. The van der Waals surface area contributed by atoms with Crippen molar-refractivity contribution in [2.75, 3.05) is 18.4 Å². The van der Waals surface area contributed by atoms with Gasteiger partial charge in [-0.3, -0.25) is 4.90 Å². The zero-order chi connectivity index (χ0) is 18.5. The maximum absolute atomic E-state index is 9.90. The van der Waals surface area contributed by atoms with E-state index in [0.717, 1.165) is 31.6 Å². The van der Waals surface area contributed by atoms with Crippen LogP contribution in [0.4, 0.5) is 5.69 Å². The van der Waals surface area contributed by atoms with E-state index in [1.807, 2.05) is 18.2 Å². The Kier molecular flexibility index (Phi) is 5.45. The summed E-state index contributed by atoms with van der Waals surface area (Å²) < 4.78 is 0. The van der Waals surface area contributed by atoms with Gasteiger partial charge in [-0.1, -0.05) is 61.4 Å². The summed E-state index contributed by atoms with van der Waals surface area (Å²) in [5.41, 5.74) is 2.10. The summed E-state index contributed by atoms with van der Waals surface area (Å²) in [5, 5.41) is 13.4. The lowest BCUT2D eigenvalue weighted by Gasteiger charge is -2.46. The predicted octanol–water partition coefficient (Wildman–Crippen LogP) is 5.18. The van der Waals surface area contributed by atoms with Gasteiger partial charge in [-0.25, -0.2) is 0 Å². The third-order valence-electron chi connectivity index (χ3n) is 6.45. The number of para-hydroxylation sites is 1. The lowest BCUT2D eigenvalue weighted by molar-refractivity contribution is 0.0985. The van der Waals surface area contributed by atoms with Crippen LogP contribution in [0.2, 0.25) is 0 Å². The van der Waals surface area contributed by atoms with Crippen LogP contribution in [-0.4, -0.2) is 29.6 Å². The van der Waals surface area contributed by atoms with E-state index in [0.29, 0.717) is 12.0 Å². The van der Waals surface area contributed by atoms with E-state index >= 15 is 0 Å². The van der Waals surface area contributed by atoms with E-state index in [2.05, 4.69) is 58.8 Å². The molecular formula is C24H29N3. The lowest BCUT2D eigenvalue weighted by Crippen LogP contribution is -2.53. The number of hydrogen-bond acceptors (Lipinski definition) is 3. The molecule has 2 aromatic rings. The van der Waals surface area contributed by atoms with Gasteiger partial charge in [0.25, 0.3) is 0 Å². The van der Waals surface area contributed by atoms with Gasteiger partial charge in [0, 0.05) is 24.8 Å². The van der Waals surface area contributed by atoms with Crippen molar-refractivity contribution in [1.29, 1.82) is 5.26 Å².